The van der Waals surface area contributed by atoms with Crippen molar-refractivity contribution in [3.05, 3.63) is 53.6 Å². The zero-order valence-corrected chi connectivity index (χ0v) is 17.7. The van der Waals surface area contributed by atoms with Crippen molar-refractivity contribution in [1.82, 2.24) is 0 Å². The molecule has 0 aliphatic rings. The van der Waals surface area contributed by atoms with Crippen LogP contribution in [0.15, 0.2) is 47.4 Å². The Hall–Kier alpha value is -2.87. The van der Waals surface area contributed by atoms with Crippen molar-refractivity contribution in [2.24, 2.45) is 0 Å². The Balaban J connectivity index is 1.86. The first-order valence-electron chi connectivity index (χ1n) is 9.06. The predicted octanol–water partition coefficient (Wildman–Crippen LogP) is 3.08. The van der Waals surface area contributed by atoms with Gasteiger partial charge in [-0.3, -0.25) is 4.79 Å². The normalized spacial score (nSPS) is 11.2. The molecule has 0 bridgehead atoms. The summed E-state index contributed by atoms with van der Waals surface area (Å²) in [5, 5.41) is 2.43. The van der Waals surface area contributed by atoms with Crippen molar-refractivity contribution in [2.75, 3.05) is 24.8 Å². The minimum Gasteiger partial charge on any atom is -0.482 e. The lowest BCUT2D eigenvalue weighted by Gasteiger charge is -2.12. The van der Waals surface area contributed by atoms with Gasteiger partial charge in [-0.25, -0.2) is 13.2 Å². The lowest BCUT2D eigenvalue weighted by Crippen LogP contribution is -2.24. The smallest absolute Gasteiger partial charge is 0.344 e. The monoisotopic (exact) mass is 419 g/mol. The second kappa shape index (κ2) is 9.56. The Morgan fingerprint density at radius 1 is 1.07 bits per heavy atom. The first-order valence-corrected chi connectivity index (χ1v) is 10.9. The number of rotatable bonds is 8. The predicted molar refractivity (Wildman–Crippen MR) is 110 cm³/mol. The molecule has 7 nitrogen and oxygen atoms in total. The molecule has 0 aromatic heterocycles. The SMILES string of the molecule is Cc1cc(OCC(=O)OCC(=O)Nc2ccccc2S(C)(=O)=O)ccc1C(C)C. The van der Waals surface area contributed by atoms with E-state index in [2.05, 4.69) is 19.2 Å². The highest BCUT2D eigenvalue weighted by Crippen LogP contribution is 2.23. The van der Waals surface area contributed by atoms with Crippen LogP contribution in [0, 0.1) is 6.92 Å². The summed E-state index contributed by atoms with van der Waals surface area (Å²) in [6.45, 7) is 5.28. The average Bonchev–Trinajstić information content (AvgIpc) is 2.64. The summed E-state index contributed by atoms with van der Waals surface area (Å²) in [5.41, 5.74) is 2.40. The highest BCUT2D eigenvalue weighted by molar-refractivity contribution is 7.90. The van der Waals surface area contributed by atoms with Gasteiger partial charge in [0.15, 0.2) is 23.1 Å². The Morgan fingerprint density at radius 3 is 2.38 bits per heavy atom. The molecule has 0 saturated heterocycles. The van der Waals surface area contributed by atoms with Gasteiger partial charge in [-0.1, -0.05) is 32.0 Å². The molecule has 1 amide bonds. The number of hydrogen-bond donors (Lipinski definition) is 1. The molecule has 0 unspecified atom stereocenters. The summed E-state index contributed by atoms with van der Waals surface area (Å²) in [6.07, 6.45) is 1.05. The lowest BCUT2D eigenvalue weighted by atomic mass is 9.98. The van der Waals surface area contributed by atoms with Crippen LogP contribution in [-0.2, 0) is 24.2 Å². The molecule has 2 aromatic carbocycles. The molecule has 0 fully saturated rings. The van der Waals surface area contributed by atoms with Crippen molar-refractivity contribution in [1.29, 1.82) is 0 Å². The molecular formula is C21H25NO6S. The fourth-order valence-electron chi connectivity index (χ4n) is 2.80. The van der Waals surface area contributed by atoms with Crippen LogP contribution in [0.1, 0.15) is 30.9 Å². The molecule has 29 heavy (non-hydrogen) atoms. The van der Waals surface area contributed by atoms with Crippen molar-refractivity contribution in [3.63, 3.8) is 0 Å². The Kier molecular flexibility index (Phi) is 7.39. The molecule has 0 aliphatic heterocycles. The van der Waals surface area contributed by atoms with Crippen LogP contribution >= 0.6 is 0 Å². The fourth-order valence-corrected chi connectivity index (χ4v) is 3.64. The topological polar surface area (TPSA) is 98.8 Å². The summed E-state index contributed by atoms with van der Waals surface area (Å²) < 4.78 is 33.8. The number of benzene rings is 2. The minimum absolute atomic E-state index is 0.0109. The zero-order valence-electron chi connectivity index (χ0n) is 16.9. The lowest BCUT2D eigenvalue weighted by molar-refractivity contribution is -0.149. The Labute approximate surface area is 170 Å². The van der Waals surface area contributed by atoms with Gasteiger partial charge in [-0.15, -0.1) is 0 Å². The molecule has 8 heteroatoms. The molecule has 0 saturated carbocycles. The number of carbonyl (C=O) groups excluding carboxylic acids is 2. The third-order valence-electron chi connectivity index (χ3n) is 4.14. The highest BCUT2D eigenvalue weighted by atomic mass is 32.2. The number of carbonyl (C=O) groups is 2. The van der Waals surface area contributed by atoms with Crippen LogP contribution in [0.25, 0.3) is 0 Å². The highest BCUT2D eigenvalue weighted by Gasteiger charge is 2.15. The molecule has 1 N–H and O–H groups in total. The maximum absolute atomic E-state index is 12.0. The number of esters is 1. The summed E-state index contributed by atoms with van der Waals surface area (Å²) >= 11 is 0. The van der Waals surface area contributed by atoms with Gasteiger partial charge in [0.2, 0.25) is 0 Å². The van der Waals surface area contributed by atoms with E-state index in [0.29, 0.717) is 11.7 Å². The van der Waals surface area contributed by atoms with E-state index in [1.807, 2.05) is 19.1 Å². The van der Waals surface area contributed by atoms with Gasteiger partial charge in [-0.2, -0.15) is 0 Å². The molecule has 2 aromatic rings. The van der Waals surface area contributed by atoms with Crippen LogP contribution in [0.4, 0.5) is 5.69 Å². The summed E-state index contributed by atoms with van der Waals surface area (Å²) in [6, 6.07) is 11.6. The molecule has 0 radical (unpaired) electrons. The van der Waals surface area contributed by atoms with E-state index in [-0.39, 0.29) is 17.2 Å². The standard InChI is InChI=1S/C21H25NO6S/c1-14(2)17-10-9-16(11-15(17)3)27-13-21(24)28-12-20(23)22-18-7-5-6-8-19(18)29(4,25)26/h5-11,14H,12-13H2,1-4H3,(H,22,23). The van der Waals surface area contributed by atoms with Gasteiger partial charge in [0.25, 0.3) is 5.91 Å². The fraction of sp³-hybridized carbons (Fsp3) is 0.333. The minimum atomic E-state index is -3.50. The second-order valence-electron chi connectivity index (χ2n) is 6.94. The molecular weight excluding hydrogens is 394 g/mol. The van der Waals surface area contributed by atoms with Crippen molar-refractivity contribution < 1.29 is 27.5 Å². The molecule has 156 valence electrons. The molecule has 0 atom stereocenters. The first-order chi connectivity index (χ1) is 13.6. The maximum Gasteiger partial charge on any atom is 0.344 e. The maximum atomic E-state index is 12.0. The van der Waals surface area contributed by atoms with Crippen LogP contribution in [0.3, 0.4) is 0 Å². The number of hydrogen-bond acceptors (Lipinski definition) is 6. The van der Waals surface area contributed by atoms with Gasteiger partial charge in [0.05, 0.1) is 10.6 Å². The first kappa shape index (κ1) is 22.4. The van der Waals surface area contributed by atoms with E-state index in [4.69, 9.17) is 9.47 Å². The third kappa shape index (κ3) is 6.60. The Bertz CT molecular complexity index is 998. The van der Waals surface area contributed by atoms with E-state index in [1.165, 1.54) is 17.7 Å². The third-order valence-corrected chi connectivity index (χ3v) is 5.30. The number of nitrogens with one attached hydrogen (secondary N) is 1. The van der Waals surface area contributed by atoms with Crippen LogP contribution < -0.4 is 10.1 Å². The summed E-state index contributed by atoms with van der Waals surface area (Å²) in [5.74, 6) is -0.426. The molecule has 0 aliphatic carbocycles. The number of para-hydroxylation sites is 1. The number of anilines is 1. The van der Waals surface area contributed by atoms with Crippen molar-refractivity contribution in [2.45, 2.75) is 31.6 Å². The van der Waals surface area contributed by atoms with E-state index < -0.39 is 28.3 Å². The van der Waals surface area contributed by atoms with E-state index in [0.717, 1.165) is 11.8 Å². The van der Waals surface area contributed by atoms with Crippen molar-refractivity contribution >= 4 is 27.4 Å². The molecule has 0 heterocycles. The number of sulfone groups is 1. The zero-order chi connectivity index (χ0) is 21.6. The van der Waals surface area contributed by atoms with Gasteiger partial charge in [-0.05, 0) is 48.2 Å². The second-order valence-corrected chi connectivity index (χ2v) is 8.92. The number of aryl methyl sites for hydroxylation is 1. The van der Waals surface area contributed by atoms with Gasteiger partial charge < -0.3 is 14.8 Å². The van der Waals surface area contributed by atoms with Crippen LogP contribution in [-0.4, -0.2) is 39.8 Å². The number of ether oxygens (including phenoxy) is 2. The van der Waals surface area contributed by atoms with Crippen molar-refractivity contribution in [3.8, 4) is 5.75 Å². The summed E-state index contributed by atoms with van der Waals surface area (Å²) in [7, 11) is -3.50. The summed E-state index contributed by atoms with van der Waals surface area (Å²) in [4.78, 5) is 23.8. The molecule has 2 rings (SSSR count). The largest absolute Gasteiger partial charge is 0.482 e. The van der Waals surface area contributed by atoms with Crippen LogP contribution in [0.5, 0.6) is 5.75 Å². The van der Waals surface area contributed by atoms with Gasteiger partial charge in [0, 0.05) is 6.26 Å². The van der Waals surface area contributed by atoms with E-state index in [1.54, 1.807) is 18.2 Å². The van der Waals surface area contributed by atoms with Gasteiger partial charge in [0.1, 0.15) is 5.75 Å². The van der Waals surface area contributed by atoms with Gasteiger partial charge >= 0.3 is 5.97 Å². The van der Waals surface area contributed by atoms with Crippen LogP contribution in [0.2, 0.25) is 0 Å². The van der Waals surface area contributed by atoms with E-state index in [9.17, 15) is 18.0 Å². The molecule has 0 spiro atoms. The Morgan fingerprint density at radius 2 is 1.76 bits per heavy atom. The quantitative estimate of drug-likeness (QED) is 0.660. The van der Waals surface area contributed by atoms with E-state index >= 15 is 0 Å². The average molecular weight is 419 g/mol. The number of amides is 1.